The molecule has 146 valence electrons. The van der Waals surface area contributed by atoms with Gasteiger partial charge in [-0.2, -0.15) is 13.2 Å². The molecule has 3 heterocycles. The lowest BCUT2D eigenvalue weighted by molar-refractivity contribution is -0.136. The van der Waals surface area contributed by atoms with E-state index in [-0.39, 0.29) is 34.2 Å². The summed E-state index contributed by atoms with van der Waals surface area (Å²) >= 11 is 2.18. The lowest BCUT2D eigenvalue weighted by Crippen LogP contribution is -2.27. The number of hydrogen-bond acceptors (Lipinski definition) is 6. The number of thiophene rings is 1. The molecule has 11 heteroatoms. The number of rotatable bonds is 5. The van der Waals surface area contributed by atoms with E-state index >= 15 is 0 Å². The zero-order valence-electron chi connectivity index (χ0n) is 14.2. The molecule has 1 amide bonds. The van der Waals surface area contributed by atoms with Gasteiger partial charge in [-0.25, -0.2) is 9.97 Å². The van der Waals surface area contributed by atoms with Crippen molar-refractivity contribution >= 4 is 40.0 Å². The number of aromatic amines is 1. The highest BCUT2D eigenvalue weighted by Crippen LogP contribution is 2.36. The summed E-state index contributed by atoms with van der Waals surface area (Å²) in [7, 11) is 0. The van der Waals surface area contributed by atoms with E-state index in [2.05, 4.69) is 20.3 Å². The standard InChI is InChI=1S/C17H13F3N4O2S2/c18-17(19,20)9-6-10(11-2-1-5-27-11)22-14-13(9)15(26)24-16(23-14)28-7-12(25)21-8-3-4-8/h1-2,5-6,8H,3-4,7H2,(H,21,25)(H,22,23,24,26). The highest BCUT2D eigenvalue weighted by molar-refractivity contribution is 7.99. The Labute approximate surface area is 164 Å². The van der Waals surface area contributed by atoms with Crippen LogP contribution in [0.25, 0.3) is 21.6 Å². The molecule has 1 aliphatic rings. The van der Waals surface area contributed by atoms with Crippen molar-refractivity contribution in [1.29, 1.82) is 0 Å². The topological polar surface area (TPSA) is 87.7 Å². The van der Waals surface area contributed by atoms with E-state index in [0.29, 0.717) is 4.88 Å². The first-order chi connectivity index (χ1) is 13.3. The number of aromatic nitrogens is 3. The first-order valence-corrected chi connectivity index (χ1v) is 10.2. The van der Waals surface area contributed by atoms with Crippen molar-refractivity contribution in [3.63, 3.8) is 0 Å². The molecule has 1 aliphatic carbocycles. The third kappa shape index (κ3) is 4.04. The summed E-state index contributed by atoms with van der Waals surface area (Å²) < 4.78 is 40.6. The Morgan fingerprint density at radius 2 is 2.14 bits per heavy atom. The molecule has 0 atom stereocenters. The van der Waals surface area contributed by atoms with Crippen LogP contribution in [0.1, 0.15) is 18.4 Å². The van der Waals surface area contributed by atoms with Crippen LogP contribution >= 0.6 is 23.1 Å². The predicted octanol–water partition coefficient (Wildman–Crippen LogP) is 3.44. The Kier molecular flexibility index (Phi) is 4.88. The van der Waals surface area contributed by atoms with Gasteiger partial charge >= 0.3 is 6.18 Å². The molecule has 4 rings (SSSR count). The molecule has 0 unspecified atom stereocenters. The van der Waals surface area contributed by atoms with Gasteiger partial charge in [-0.15, -0.1) is 11.3 Å². The molecule has 0 aliphatic heterocycles. The maximum atomic E-state index is 13.5. The van der Waals surface area contributed by atoms with Gasteiger partial charge in [0.05, 0.1) is 27.3 Å². The van der Waals surface area contributed by atoms with Crippen molar-refractivity contribution in [1.82, 2.24) is 20.3 Å². The zero-order chi connectivity index (χ0) is 19.9. The summed E-state index contributed by atoms with van der Waals surface area (Å²) in [4.78, 5) is 35.2. The number of halogens is 3. The van der Waals surface area contributed by atoms with E-state index < -0.39 is 22.7 Å². The van der Waals surface area contributed by atoms with Crippen LogP contribution < -0.4 is 10.9 Å². The molecule has 0 radical (unpaired) electrons. The van der Waals surface area contributed by atoms with Gasteiger partial charge in [-0.05, 0) is 30.4 Å². The number of hydrogen-bond donors (Lipinski definition) is 2. The Bertz CT molecular complexity index is 1090. The number of thioether (sulfide) groups is 1. The molecule has 3 aromatic rings. The largest absolute Gasteiger partial charge is 0.417 e. The third-order valence-corrected chi connectivity index (χ3v) is 5.78. The minimum atomic E-state index is -4.74. The number of alkyl halides is 3. The first kappa shape index (κ1) is 18.9. The lowest BCUT2D eigenvalue weighted by atomic mass is 10.1. The molecule has 2 N–H and O–H groups in total. The number of carbonyl (C=O) groups is 1. The van der Waals surface area contributed by atoms with Crippen LogP contribution in [0.4, 0.5) is 13.2 Å². The molecule has 6 nitrogen and oxygen atoms in total. The van der Waals surface area contributed by atoms with Crippen molar-refractivity contribution in [2.75, 3.05) is 5.75 Å². The summed E-state index contributed by atoms with van der Waals surface area (Å²) in [5.74, 6) is -0.215. The maximum Gasteiger partial charge on any atom is 0.417 e. The highest BCUT2D eigenvalue weighted by atomic mass is 32.2. The fourth-order valence-corrected chi connectivity index (χ4v) is 3.95. The zero-order valence-corrected chi connectivity index (χ0v) is 15.8. The number of amides is 1. The van der Waals surface area contributed by atoms with Crippen LogP contribution in [0.5, 0.6) is 0 Å². The van der Waals surface area contributed by atoms with E-state index in [1.54, 1.807) is 17.5 Å². The SMILES string of the molecule is O=C(CSc1nc2nc(-c3cccs3)cc(C(F)(F)F)c2c(=O)[nH]1)NC1CC1. The second-order valence-corrected chi connectivity index (χ2v) is 8.14. The predicted molar refractivity (Wildman–Crippen MR) is 100 cm³/mol. The molecular formula is C17H13F3N4O2S2. The summed E-state index contributed by atoms with van der Waals surface area (Å²) in [6.07, 6.45) is -2.85. The highest BCUT2D eigenvalue weighted by Gasteiger charge is 2.35. The molecular weight excluding hydrogens is 413 g/mol. The van der Waals surface area contributed by atoms with Gasteiger partial charge in [0.15, 0.2) is 10.8 Å². The van der Waals surface area contributed by atoms with E-state index in [1.165, 1.54) is 11.3 Å². The minimum absolute atomic E-state index is 0.00168. The van der Waals surface area contributed by atoms with Crippen LogP contribution in [0.15, 0.2) is 33.5 Å². The van der Waals surface area contributed by atoms with Gasteiger partial charge in [0, 0.05) is 6.04 Å². The second kappa shape index (κ2) is 7.21. The molecule has 28 heavy (non-hydrogen) atoms. The smallest absolute Gasteiger partial charge is 0.353 e. The fourth-order valence-electron chi connectivity index (χ4n) is 2.59. The number of H-pyrrole nitrogens is 1. The number of nitrogens with one attached hydrogen (secondary N) is 2. The van der Waals surface area contributed by atoms with E-state index in [0.717, 1.165) is 30.7 Å². The van der Waals surface area contributed by atoms with Crippen LogP contribution in [0.3, 0.4) is 0 Å². The van der Waals surface area contributed by atoms with Gasteiger partial charge in [0.25, 0.3) is 5.56 Å². The van der Waals surface area contributed by atoms with Crippen LogP contribution in [-0.2, 0) is 11.0 Å². The van der Waals surface area contributed by atoms with Crippen molar-refractivity contribution in [2.45, 2.75) is 30.2 Å². The second-order valence-electron chi connectivity index (χ2n) is 6.23. The minimum Gasteiger partial charge on any atom is -0.353 e. The van der Waals surface area contributed by atoms with Crippen LogP contribution in [-0.4, -0.2) is 32.7 Å². The van der Waals surface area contributed by atoms with Gasteiger partial charge in [-0.3, -0.25) is 9.59 Å². The van der Waals surface area contributed by atoms with Gasteiger partial charge < -0.3 is 10.3 Å². The Morgan fingerprint density at radius 3 is 2.79 bits per heavy atom. The number of nitrogens with zero attached hydrogens (tertiary/aromatic N) is 2. The Balaban J connectivity index is 1.74. The molecule has 3 aromatic heterocycles. The van der Waals surface area contributed by atoms with E-state index in [1.807, 2.05) is 0 Å². The van der Waals surface area contributed by atoms with E-state index in [9.17, 15) is 22.8 Å². The number of fused-ring (bicyclic) bond motifs is 1. The van der Waals surface area contributed by atoms with Crippen molar-refractivity contribution in [3.05, 3.63) is 39.5 Å². The Morgan fingerprint density at radius 1 is 1.36 bits per heavy atom. The third-order valence-electron chi connectivity index (χ3n) is 4.02. The summed E-state index contributed by atoms with van der Waals surface area (Å²) in [6.45, 7) is 0. The lowest BCUT2D eigenvalue weighted by Gasteiger charge is -2.11. The fraction of sp³-hybridized carbons (Fsp3) is 0.294. The summed E-state index contributed by atoms with van der Waals surface area (Å²) in [5, 5.41) is 3.95. The molecule has 1 saturated carbocycles. The summed E-state index contributed by atoms with van der Waals surface area (Å²) in [5.41, 5.74) is -2.23. The van der Waals surface area contributed by atoms with Crippen molar-refractivity contribution < 1.29 is 18.0 Å². The maximum absolute atomic E-state index is 13.5. The number of carbonyl (C=O) groups excluding carboxylic acids is 1. The summed E-state index contributed by atoms with van der Waals surface area (Å²) in [6, 6.07) is 4.40. The molecule has 0 saturated heterocycles. The normalized spacial score (nSPS) is 14.4. The quantitative estimate of drug-likeness (QED) is 0.482. The molecule has 0 aromatic carbocycles. The molecule has 0 bridgehead atoms. The van der Waals surface area contributed by atoms with E-state index in [4.69, 9.17) is 0 Å². The Hall–Kier alpha value is -2.40. The monoisotopic (exact) mass is 426 g/mol. The number of pyridine rings is 1. The first-order valence-electron chi connectivity index (χ1n) is 8.29. The average molecular weight is 426 g/mol. The van der Waals surface area contributed by atoms with Gasteiger partial charge in [-0.1, -0.05) is 17.8 Å². The van der Waals surface area contributed by atoms with Crippen molar-refractivity contribution in [2.24, 2.45) is 0 Å². The van der Waals surface area contributed by atoms with Gasteiger partial charge in [0.2, 0.25) is 5.91 Å². The van der Waals surface area contributed by atoms with Gasteiger partial charge in [0.1, 0.15) is 0 Å². The molecule has 0 spiro atoms. The van der Waals surface area contributed by atoms with Crippen LogP contribution in [0, 0.1) is 0 Å². The average Bonchev–Trinajstić information content (AvgIpc) is 3.27. The molecule has 1 fully saturated rings. The van der Waals surface area contributed by atoms with Crippen LogP contribution in [0.2, 0.25) is 0 Å². The van der Waals surface area contributed by atoms with Crippen molar-refractivity contribution in [3.8, 4) is 10.6 Å².